The Morgan fingerprint density at radius 2 is 1.47 bits per heavy atom. The Bertz CT molecular complexity index is 743. The highest BCUT2D eigenvalue weighted by Gasteiger charge is 2.70. The van der Waals surface area contributed by atoms with Crippen LogP contribution < -0.4 is 0 Å². The molecule has 5 aliphatic rings. The van der Waals surface area contributed by atoms with Gasteiger partial charge in [-0.3, -0.25) is 0 Å². The monoisotopic (exact) mass is 444 g/mol. The molecule has 2 heteroatoms. The highest BCUT2D eigenvalue weighted by Crippen LogP contribution is 2.77. The molecule has 1 unspecified atom stereocenters. The van der Waals surface area contributed by atoms with Crippen LogP contribution in [0.2, 0.25) is 0 Å². The topological polar surface area (TPSA) is 40.5 Å². The van der Waals surface area contributed by atoms with E-state index in [2.05, 4.69) is 48.5 Å². The summed E-state index contributed by atoms with van der Waals surface area (Å²) in [5.41, 5.74) is 1.40. The number of rotatable bonds is 2. The minimum atomic E-state index is -0.137. The van der Waals surface area contributed by atoms with Crippen LogP contribution >= 0.6 is 0 Å². The molecule has 5 saturated carbocycles. The number of aliphatic hydroxyl groups excluding tert-OH is 2. The van der Waals surface area contributed by atoms with Crippen LogP contribution in [-0.4, -0.2) is 22.9 Å². The van der Waals surface area contributed by atoms with E-state index in [1.165, 1.54) is 57.8 Å². The van der Waals surface area contributed by atoms with Crippen LogP contribution in [0, 0.1) is 62.6 Å². The molecule has 0 aromatic rings. The van der Waals surface area contributed by atoms with Crippen molar-refractivity contribution in [1.82, 2.24) is 0 Å². The molecule has 0 amide bonds. The van der Waals surface area contributed by atoms with E-state index in [4.69, 9.17) is 0 Å². The average Bonchev–Trinajstić information content (AvgIpc) is 3.12. The predicted molar refractivity (Wildman–Crippen MR) is 132 cm³/mol. The van der Waals surface area contributed by atoms with E-state index in [1.807, 2.05) is 0 Å². The Balaban J connectivity index is 1.54. The third-order valence-corrected chi connectivity index (χ3v) is 13.8. The van der Waals surface area contributed by atoms with Gasteiger partial charge in [-0.2, -0.15) is 0 Å². The molecule has 2 N–H and O–H groups in total. The second-order valence-corrected chi connectivity index (χ2v) is 15.0. The highest BCUT2D eigenvalue weighted by molar-refractivity contribution is 5.19. The van der Waals surface area contributed by atoms with Crippen molar-refractivity contribution in [2.75, 3.05) is 6.61 Å². The van der Waals surface area contributed by atoms with Crippen molar-refractivity contribution in [3.05, 3.63) is 0 Å². The fourth-order valence-corrected chi connectivity index (χ4v) is 11.8. The van der Waals surface area contributed by atoms with Crippen LogP contribution in [0.3, 0.4) is 0 Å². The van der Waals surface area contributed by atoms with Gasteiger partial charge in [0.05, 0.1) is 6.10 Å². The lowest BCUT2D eigenvalue weighted by Gasteiger charge is -2.73. The molecule has 2 nitrogen and oxygen atoms in total. The predicted octanol–water partition coefficient (Wildman–Crippen LogP) is 7.08. The molecule has 5 rings (SSSR count). The Morgan fingerprint density at radius 3 is 2.12 bits per heavy atom. The average molecular weight is 445 g/mol. The molecule has 0 aliphatic heterocycles. The fraction of sp³-hybridized carbons (Fsp3) is 1.00. The molecule has 0 aromatic heterocycles. The molecule has 0 aromatic carbocycles. The first-order valence-corrected chi connectivity index (χ1v) is 14.2. The summed E-state index contributed by atoms with van der Waals surface area (Å²) in [6.07, 6.45) is 12.6. The summed E-state index contributed by atoms with van der Waals surface area (Å²) in [7, 11) is 0. The van der Waals surface area contributed by atoms with Crippen LogP contribution in [0.4, 0.5) is 0 Å². The van der Waals surface area contributed by atoms with Gasteiger partial charge in [-0.15, -0.1) is 0 Å². The number of aliphatic hydroxyl groups is 2. The molecular formula is C30H52O2. The summed E-state index contributed by atoms with van der Waals surface area (Å²) in [6, 6.07) is 0. The van der Waals surface area contributed by atoms with Crippen molar-refractivity contribution in [3.63, 3.8) is 0 Å². The maximum Gasteiger partial charge on any atom is 0.0594 e. The van der Waals surface area contributed by atoms with Crippen molar-refractivity contribution in [1.29, 1.82) is 0 Å². The van der Waals surface area contributed by atoms with Gasteiger partial charge in [-0.05, 0) is 127 Å². The lowest BCUT2D eigenvalue weighted by Crippen LogP contribution is -2.66. The van der Waals surface area contributed by atoms with Crippen molar-refractivity contribution < 1.29 is 10.2 Å². The molecule has 5 aliphatic carbocycles. The maximum atomic E-state index is 10.9. The number of hydrogen-bond acceptors (Lipinski definition) is 2. The largest absolute Gasteiger partial charge is 0.396 e. The summed E-state index contributed by atoms with van der Waals surface area (Å²) in [5.74, 6) is 4.45. The fourth-order valence-electron chi connectivity index (χ4n) is 11.8. The van der Waals surface area contributed by atoms with E-state index in [0.717, 1.165) is 36.0 Å². The van der Waals surface area contributed by atoms with E-state index >= 15 is 0 Å². The Hall–Kier alpha value is -0.0800. The molecular weight excluding hydrogens is 392 g/mol. The van der Waals surface area contributed by atoms with Gasteiger partial charge in [0, 0.05) is 6.61 Å². The second-order valence-electron chi connectivity index (χ2n) is 15.0. The summed E-state index contributed by atoms with van der Waals surface area (Å²) < 4.78 is 0. The molecule has 5 fully saturated rings. The molecule has 0 spiro atoms. The Morgan fingerprint density at radius 1 is 0.750 bits per heavy atom. The zero-order valence-electron chi connectivity index (χ0n) is 22.2. The van der Waals surface area contributed by atoms with Crippen LogP contribution in [0.15, 0.2) is 0 Å². The van der Waals surface area contributed by atoms with E-state index in [-0.39, 0.29) is 16.9 Å². The van der Waals surface area contributed by atoms with Gasteiger partial charge in [0.25, 0.3) is 0 Å². The molecule has 0 saturated heterocycles. The van der Waals surface area contributed by atoms with E-state index < -0.39 is 0 Å². The van der Waals surface area contributed by atoms with Crippen LogP contribution in [0.25, 0.3) is 0 Å². The molecule has 184 valence electrons. The van der Waals surface area contributed by atoms with Gasteiger partial charge in [0.15, 0.2) is 0 Å². The molecule has 0 bridgehead atoms. The minimum absolute atomic E-state index is 0.0406. The van der Waals surface area contributed by atoms with E-state index in [0.29, 0.717) is 28.8 Å². The Kier molecular flexibility index (Phi) is 5.34. The summed E-state index contributed by atoms with van der Waals surface area (Å²) in [6.45, 7) is 18.1. The van der Waals surface area contributed by atoms with Crippen molar-refractivity contribution in [2.45, 2.75) is 119 Å². The summed E-state index contributed by atoms with van der Waals surface area (Å²) in [5, 5.41) is 21.6. The molecule has 0 radical (unpaired) electrons. The quantitative estimate of drug-likeness (QED) is 0.478. The van der Waals surface area contributed by atoms with Gasteiger partial charge in [-0.1, -0.05) is 48.5 Å². The normalized spacial score (nSPS) is 56.8. The van der Waals surface area contributed by atoms with Gasteiger partial charge < -0.3 is 10.2 Å². The van der Waals surface area contributed by atoms with Crippen LogP contribution in [0.5, 0.6) is 0 Å². The second kappa shape index (κ2) is 7.22. The lowest BCUT2D eigenvalue weighted by atomic mass is 9.32. The maximum absolute atomic E-state index is 10.9. The molecule has 0 heterocycles. The third kappa shape index (κ3) is 2.72. The summed E-state index contributed by atoms with van der Waals surface area (Å²) in [4.78, 5) is 0. The first-order chi connectivity index (χ1) is 14.9. The van der Waals surface area contributed by atoms with Gasteiger partial charge >= 0.3 is 0 Å². The first-order valence-electron chi connectivity index (χ1n) is 14.2. The highest BCUT2D eigenvalue weighted by atomic mass is 16.3. The zero-order valence-corrected chi connectivity index (χ0v) is 22.2. The Labute approximate surface area is 198 Å². The van der Waals surface area contributed by atoms with Gasteiger partial charge in [0.1, 0.15) is 0 Å². The van der Waals surface area contributed by atoms with E-state index in [9.17, 15) is 10.2 Å². The van der Waals surface area contributed by atoms with Gasteiger partial charge in [-0.25, -0.2) is 0 Å². The minimum Gasteiger partial charge on any atom is -0.396 e. The van der Waals surface area contributed by atoms with Crippen LogP contribution in [0.1, 0.15) is 113 Å². The third-order valence-electron chi connectivity index (χ3n) is 13.8. The molecule has 10 atom stereocenters. The number of hydrogen-bond donors (Lipinski definition) is 2. The van der Waals surface area contributed by atoms with Gasteiger partial charge in [0.2, 0.25) is 0 Å². The first kappa shape index (κ1) is 23.7. The van der Waals surface area contributed by atoms with E-state index in [1.54, 1.807) is 0 Å². The SMILES string of the molecule is CC(C)[C@@H]1CCC2(CO)CC[C@]3(C)[C@H](CC[C@@H]4[C@@]5(C)CC[C@H](O)C(C)(C)[C@@H]5CC[C@]43C)[C@@H]12. The standard InChI is InChI=1S/C30H52O2/c1-19(2)20-10-15-30(18-31)17-16-28(6)21(25(20)30)8-9-23-27(5)13-12-24(32)26(3,4)22(27)11-14-29(23,28)7/h19-25,31-32H,8-18H2,1-7H3/t20-,21+,22-,23+,24-,25+,27-,28+,29+,30?/m0/s1. The van der Waals surface area contributed by atoms with Crippen molar-refractivity contribution in [2.24, 2.45) is 62.6 Å². The van der Waals surface area contributed by atoms with Crippen molar-refractivity contribution in [3.8, 4) is 0 Å². The summed E-state index contributed by atoms with van der Waals surface area (Å²) >= 11 is 0. The number of fused-ring (bicyclic) bond motifs is 7. The zero-order chi connectivity index (χ0) is 23.3. The smallest absolute Gasteiger partial charge is 0.0594 e. The molecule has 32 heavy (non-hydrogen) atoms. The lowest BCUT2D eigenvalue weighted by molar-refractivity contribution is -0.251. The van der Waals surface area contributed by atoms with Crippen LogP contribution in [-0.2, 0) is 0 Å². The van der Waals surface area contributed by atoms with Crippen molar-refractivity contribution >= 4 is 0 Å².